The van der Waals surface area contributed by atoms with Crippen molar-refractivity contribution in [2.45, 2.75) is 19.1 Å². The summed E-state index contributed by atoms with van der Waals surface area (Å²) in [5.41, 5.74) is 0.719. The molecular weight excluding hydrogens is 454 g/mol. The Kier molecular flexibility index (Phi) is 8.07. The van der Waals surface area contributed by atoms with Gasteiger partial charge in [-0.25, -0.2) is 14.4 Å². The molecular formula is C26H21NO8. The number of nitrogens with one attached hydrogen (secondary N) is 1. The highest BCUT2D eigenvalue weighted by Crippen LogP contribution is 2.17. The Balaban J connectivity index is 1.89. The minimum atomic E-state index is -2.15. The van der Waals surface area contributed by atoms with Crippen LogP contribution in [0.15, 0.2) is 84.9 Å². The third kappa shape index (κ3) is 6.61. The maximum atomic E-state index is 13.1. The molecule has 0 aliphatic heterocycles. The molecule has 3 rings (SSSR count). The number of carbonyl (C=O) groups excluding carboxylic acids is 4. The molecule has 0 aromatic heterocycles. The highest BCUT2D eigenvalue weighted by Gasteiger charge is 2.41. The maximum Gasteiger partial charge on any atom is 0.349 e. The molecule has 0 spiro atoms. The van der Waals surface area contributed by atoms with E-state index in [-0.39, 0.29) is 22.6 Å². The molecule has 0 bridgehead atoms. The number of Topliss-reactive ketones (excluding diaryl/α,β-unsaturated/α-hetero) is 1. The van der Waals surface area contributed by atoms with Crippen molar-refractivity contribution in [2.24, 2.45) is 0 Å². The molecule has 1 amide bonds. The number of esters is 2. The van der Waals surface area contributed by atoms with Crippen molar-refractivity contribution in [3.63, 3.8) is 0 Å². The number of rotatable bonds is 9. The second-order valence-electron chi connectivity index (χ2n) is 7.34. The van der Waals surface area contributed by atoms with E-state index in [0.717, 1.165) is 0 Å². The van der Waals surface area contributed by atoms with Crippen LogP contribution >= 0.6 is 0 Å². The number of hydrogen-bond donors (Lipinski definition) is 2. The number of aliphatic carboxylic acids is 1. The van der Waals surface area contributed by atoms with E-state index in [0.29, 0.717) is 5.56 Å². The summed E-state index contributed by atoms with van der Waals surface area (Å²) in [5.74, 6) is -4.92. The largest absolute Gasteiger partial charge is 0.478 e. The summed E-state index contributed by atoms with van der Waals surface area (Å²) >= 11 is 0. The summed E-state index contributed by atoms with van der Waals surface area (Å²) in [7, 11) is 0. The third-order valence-corrected chi connectivity index (χ3v) is 4.82. The lowest BCUT2D eigenvalue weighted by Crippen LogP contribution is -2.48. The van der Waals surface area contributed by atoms with E-state index in [1.165, 1.54) is 55.5 Å². The number of carboxylic acids is 1. The zero-order valence-corrected chi connectivity index (χ0v) is 18.5. The van der Waals surface area contributed by atoms with Gasteiger partial charge in [0.05, 0.1) is 11.1 Å². The van der Waals surface area contributed by atoms with Crippen LogP contribution in [0.2, 0.25) is 0 Å². The van der Waals surface area contributed by atoms with Crippen LogP contribution in [0.25, 0.3) is 0 Å². The van der Waals surface area contributed by atoms with E-state index < -0.39 is 36.0 Å². The van der Waals surface area contributed by atoms with Crippen LogP contribution in [0.5, 0.6) is 0 Å². The molecule has 0 aliphatic rings. The SMILES string of the molecule is CC(=O)c1ccc(NC(=O)C(OC(=O)c2ccccc2)C(OC(=O)c2ccccc2)C(=O)O)cc1. The van der Waals surface area contributed by atoms with Crippen LogP contribution < -0.4 is 5.32 Å². The zero-order chi connectivity index (χ0) is 25.4. The van der Waals surface area contributed by atoms with E-state index in [2.05, 4.69) is 5.32 Å². The van der Waals surface area contributed by atoms with Crippen molar-refractivity contribution < 1.29 is 38.6 Å². The molecule has 0 fully saturated rings. The number of carboxylic acid groups (broad SMARTS) is 1. The van der Waals surface area contributed by atoms with Crippen molar-refractivity contribution in [3.8, 4) is 0 Å². The lowest BCUT2D eigenvalue weighted by molar-refractivity contribution is -0.157. The quantitative estimate of drug-likeness (QED) is 0.355. The minimum absolute atomic E-state index is 0.0483. The monoisotopic (exact) mass is 475 g/mol. The summed E-state index contributed by atoms with van der Waals surface area (Å²) < 4.78 is 10.3. The standard InChI is InChI=1S/C26H21NO8/c1-16(28)17-12-14-20(15-13-17)27-23(29)21(34-25(32)18-8-4-2-5-9-18)22(24(30)31)35-26(33)19-10-6-3-7-11-19/h2-15,21-22H,1H3,(H,27,29)(H,30,31). The van der Waals surface area contributed by atoms with Crippen molar-refractivity contribution in [1.82, 2.24) is 0 Å². The molecule has 9 heteroatoms. The summed E-state index contributed by atoms with van der Waals surface area (Å²) in [6.07, 6.45) is -4.17. The first kappa shape index (κ1) is 24.8. The van der Waals surface area contributed by atoms with Crippen LogP contribution in [0.3, 0.4) is 0 Å². The molecule has 3 aromatic carbocycles. The van der Waals surface area contributed by atoms with Gasteiger partial charge >= 0.3 is 17.9 Å². The number of hydrogen-bond acceptors (Lipinski definition) is 7. The lowest BCUT2D eigenvalue weighted by Gasteiger charge is -2.23. The van der Waals surface area contributed by atoms with Gasteiger partial charge in [0.15, 0.2) is 5.78 Å². The fourth-order valence-electron chi connectivity index (χ4n) is 3.01. The number of ether oxygens (including phenoxy) is 2. The fourth-order valence-corrected chi connectivity index (χ4v) is 3.01. The fraction of sp³-hybridized carbons (Fsp3) is 0.115. The predicted octanol–water partition coefficient (Wildman–Crippen LogP) is 3.36. The lowest BCUT2D eigenvalue weighted by atomic mass is 10.1. The van der Waals surface area contributed by atoms with Gasteiger partial charge in [-0.2, -0.15) is 0 Å². The topological polar surface area (TPSA) is 136 Å². The van der Waals surface area contributed by atoms with Crippen molar-refractivity contribution in [2.75, 3.05) is 5.32 Å². The summed E-state index contributed by atoms with van der Waals surface area (Å²) in [5, 5.41) is 12.2. The maximum absolute atomic E-state index is 13.1. The molecule has 2 unspecified atom stereocenters. The minimum Gasteiger partial charge on any atom is -0.478 e. The molecule has 3 aromatic rings. The number of benzene rings is 3. The van der Waals surface area contributed by atoms with Gasteiger partial charge in [-0.1, -0.05) is 36.4 Å². The highest BCUT2D eigenvalue weighted by molar-refractivity contribution is 6.02. The zero-order valence-electron chi connectivity index (χ0n) is 18.5. The molecule has 0 saturated heterocycles. The molecule has 0 radical (unpaired) electrons. The first-order valence-corrected chi connectivity index (χ1v) is 10.4. The van der Waals surface area contributed by atoms with E-state index in [1.54, 1.807) is 36.4 Å². The predicted molar refractivity (Wildman–Crippen MR) is 124 cm³/mol. The Morgan fingerprint density at radius 3 is 1.54 bits per heavy atom. The van der Waals surface area contributed by atoms with Crippen LogP contribution in [-0.2, 0) is 19.1 Å². The van der Waals surface area contributed by atoms with Crippen molar-refractivity contribution in [1.29, 1.82) is 0 Å². The van der Waals surface area contributed by atoms with Gasteiger partial charge in [-0.3, -0.25) is 9.59 Å². The van der Waals surface area contributed by atoms with Gasteiger partial charge in [-0.05, 0) is 55.5 Å². The summed E-state index contributed by atoms with van der Waals surface area (Å²) in [6, 6.07) is 21.0. The van der Waals surface area contributed by atoms with E-state index >= 15 is 0 Å². The van der Waals surface area contributed by atoms with Crippen LogP contribution in [0.4, 0.5) is 5.69 Å². The van der Waals surface area contributed by atoms with Gasteiger partial charge in [0, 0.05) is 11.3 Å². The van der Waals surface area contributed by atoms with Gasteiger partial charge in [0.25, 0.3) is 5.91 Å². The van der Waals surface area contributed by atoms with Crippen LogP contribution in [-0.4, -0.2) is 46.9 Å². The second kappa shape index (κ2) is 11.4. The average molecular weight is 475 g/mol. The average Bonchev–Trinajstić information content (AvgIpc) is 2.87. The van der Waals surface area contributed by atoms with E-state index in [1.807, 2.05) is 0 Å². The van der Waals surface area contributed by atoms with Gasteiger partial charge in [-0.15, -0.1) is 0 Å². The molecule has 0 heterocycles. The highest BCUT2D eigenvalue weighted by atomic mass is 16.6. The molecule has 178 valence electrons. The van der Waals surface area contributed by atoms with Crippen molar-refractivity contribution >= 4 is 35.3 Å². The smallest absolute Gasteiger partial charge is 0.349 e. The number of carbonyl (C=O) groups is 5. The van der Waals surface area contributed by atoms with Gasteiger partial charge < -0.3 is 19.9 Å². The van der Waals surface area contributed by atoms with Crippen molar-refractivity contribution in [3.05, 3.63) is 102 Å². The van der Waals surface area contributed by atoms with E-state index in [4.69, 9.17) is 9.47 Å². The van der Waals surface area contributed by atoms with Crippen LogP contribution in [0, 0.1) is 0 Å². The van der Waals surface area contributed by atoms with Gasteiger partial charge in [0.2, 0.25) is 12.2 Å². The molecule has 0 saturated carbocycles. The first-order valence-electron chi connectivity index (χ1n) is 10.4. The third-order valence-electron chi connectivity index (χ3n) is 4.82. The molecule has 35 heavy (non-hydrogen) atoms. The van der Waals surface area contributed by atoms with Crippen LogP contribution in [0.1, 0.15) is 38.0 Å². The molecule has 2 atom stereocenters. The second-order valence-corrected chi connectivity index (χ2v) is 7.34. The number of anilines is 1. The number of amides is 1. The van der Waals surface area contributed by atoms with E-state index in [9.17, 15) is 29.1 Å². The Labute approximate surface area is 200 Å². The molecule has 2 N–H and O–H groups in total. The number of ketones is 1. The summed E-state index contributed by atoms with van der Waals surface area (Å²) in [6.45, 7) is 1.38. The Morgan fingerprint density at radius 2 is 1.11 bits per heavy atom. The van der Waals surface area contributed by atoms with Gasteiger partial charge in [0.1, 0.15) is 0 Å². The normalized spacial score (nSPS) is 12.0. The first-order chi connectivity index (χ1) is 16.8. The Hall–Kier alpha value is -4.79. The Morgan fingerprint density at radius 1 is 0.657 bits per heavy atom. The molecule has 9 nitrogen and oxygen atoms in total. The summed E-state index contributed by atoms with van der Waals surface area (Å²) in [4.78, 5) is 61.7. The molecule has 0 aliphatic carbocycles. The Bertz CT molecular complexity index is 1220.